The molecule has 1 N–H and O–H groups in total. The minimum atomic E-state index is -0.651. The van der Waals surface area contributed by atoms with Gasteiger partial charge in [0.25, 0.3) is 11.7 Å². The molecule has 1 atom stereocenters. The second-order valence-electron chi connectivity index (χ2n) is 7.78. The van der Waals surface area contributed by atoms with Crippen LogP contribution in [-0.4, -0.2) is 28.2 Å². The summed E-state index contributed by atoms with van der Waals surface area (Å²) in [5.74, 6) is -1.37. The van der Waals surface area contributed by atoms with Gasteiger partial charge < -0.3 is 10.0 Å². The van der Waals surface area contributed by atoms with Gasteiger partial charge in [0.05, 0.1) is 11.6 Å². The summed E-state index contributed by atoms with van der Waals surface area (Å²) >= 11 is 6.07. The molecule has 1 saturated heterocycles. The predicted molar refractivity (Wildman–Crippen MR) is 124 cm³/mol. The van der Waals surface area contributed by atoms with Crippen LogP contribution in [0.2, 0.25) is 5.02 Å². The van der Waals surface area contributed by atoms with E-state index in [9.17, 15) is 14.7 Å². The molecule has 1 heterocycles. The third kappa shape index (κ3) is 3.96. The zero-order valence-electron chi connectivity index (χ0n) is 17.3. The van der Waals surface area contributed by atoms with Gasteiger partial charge in [0.1, 0.15) is 5.76 Å². The first-order valence-electron chi connectivity index (χ1n) is 10.5. The number of unbranched alkanes of at least 4 members (excludes halogenated alkanes) is 2. The Labute approximate surface area is 186 Å². The van der Waals surface area contributed by atoms with Crippen molar-refractivity contribution in [3.63, 3.8) is 0 Å². The Bertz CT molecular complexity index is 1160. The lowest BCUT2D eigenvalue weighted by atomic mass is 9.93. The average Bonchev–Trinajstić information content (AvgIpc) is 3.04. The topological polar surface area (TPSA) is 57.6 Å². The van der Waals surface area contributed by atoms with Crippen LogP contribution in [0.25, 0.3) is 16.5 Å². The highest BCUT2D eigenvalue weighted by atomic mass is 35.5. The number of benzene rings is 3. The molecule has 3 aromatic rings. The van der Waals surface area contributed by atoms with Crippen molar-refractivity contribution < 1.29 is 14.7 Å². The second-order valence-corrected chi connectivity index (χ2v) is 8.21. The van der Waals surface area contributed by atoms with Crippen molar-refractivity contribution in [2.24, 2.45) is 0 Å². The number of hydrogen-bond acceptors (Lipinski definition) is 3. The molecule has 158 valence electrons. The molecule has 0 radical (unpaired) electrons. The maximum Gasteiger partial charge on any atom is 0.295 e. The summed E-state index contributed by atoms with van der Waals surface area (Å²) in [4.78, 5) is 27.7. The van der Waals surface area contributed by atoms with Crippen LogP contribution >= 0.6 is 11.6 Å². The fraction of sp³-hybridized carbons (Fsp3) is 0.231. The molecule has 4 rings (SSSR count). The number of likely N-dealkylation sites (tertiary alicyclic amines) is 1. The molecule has 31 heavy (non-hydrogen) atoms. The number of rotatable bonds is 6. The Morgan fingerprint density at radius 2 is 1.68 bits per heavy atom. The molecule has 0 bridgehead atoms. The predicted octanol–water partition coefficient (Wildman–Crippen LogP) is 6.11. The van der Waals surface area contributed by atoms with Gasteiger partial charge in [0.15, 0.2) is 0 Å². The minimum absolute atomic E-state index is 0.125. The van der Waals surface area contributed by atoms with Gasteiger partial charge in [-0.05, 0) is 34.9 Å². The van der Waals surface area contributed by atoms with E-state index in [0.29, 0.717) is 17.1 Å². The van der Waals surface area contributed by atoms with Crippen molar-refractivity contribution in [3.8, 4) is 0 Å². The number of hydrogen-bond donors (Lipinski definition) is 1. The molecule has 4 nitrogen and oxygen atoms in total. The summed E-state index contributed by atoms with van der Waals surface area (Å²) in [7, 11) is 0. The van der Waals surface area contributed by atoms with Gasteiger partial charge >= 0.3 is 0 Å². The lowest BCUT2D eigenvalue weighted by Crippen LogP contribution is -2.30. The summed E-state index contributed by atoms with van der Waals surface area (Å²) < 4.78 is 0. The third-order valence-electron chi connectivity index (χ3n) is 5.77. The number of Topliss-reactive ketones (excluding diaryl/α,β-unsaturated/α-hetero) is 1. The largest absolute Gasteiger partial charge is 0.507 e. The molecule has 3 aromatic carbocycles. The normalized spacial score (nSPS) is 18.1. The van der Waals surface area contributed by atoms with Crippen molar-refractivity contribution in [1.82, 2.24) is 4.90 Å². The average molecular weight is 434 g/mol. The van der Waals surface area contributed by atoms with Crippen LogP contribution in [0.15, 0.2) is 72.3 Å². The van der Waals surface area contributed by atoms with Crippen LogP contribution in [-0.2, 0) is 9.59 Å². The first kappa shape index (κ1) is 21.1. The monoisotopic (exact) mass is 433 g/mol. The van der Waals surface area contributed by atoms with Crippen molar-refractivity contribution in [1.29, 1.82) is 0 Å². The summed E-state index contributed by atoms with van der Waals surface area (Å²) in [5, 5.41) is 13.7. The minimum Gasteiger partial charge on any atom is -0.507 e. The van der Waals surface area contributed by atoms with E-state index in [0.717, 1.165) is 35.6 Å². The maximum atomic E-state index is 13.1. The number of nitrogens with zero attached hydrogens (tertiary/aromatic N) is 1. The standard InChI is InChI=1S/C26H24ClNO3/c1-2-3-6-16-28-23(18-12-14-19(27)15-13-18)22(25(30)26(28)31)24(29)21-11-7-9-17-8-4-5-10-20(17)21/h4-5,7-15,23,29H,2-3,6,16H2,1H3/b24-22-. The van der Waals surface area contributed by atoms with E-state index in [2.05, 4.69) is 6.92 Å². The molecule has 0 aromatic heterocycles. The van der Waals surface area contributed by atoms with Crippen molar-refractivity contribution in [2.75, 3.05) is 6.54 Å². The molecule has 5 heteroatoms. The quantitative estimate of drug-likeness (QED) is 0.221. The Hall–Kier alpha value is -3.11. The fourth-order valence-electron chi connectivity index (χ4n) is 4.21. The molecule has 1 fully saturated rings. The second kappa shape index (κ2) is 8.94. The summed E-state index contributed by atoms with van der Waals surface area (Å²) in [6, 6.07) is 19.7. The number of halogens is 1. The molecule has 0 saturated carbocycles. The number of ketones is 1. The Morgan fingerprint density at radius 1 is 0.968 bits per heavy atom. The number of fused-ring (bicyclic) bond motifs is 1. The first-order chi connectivity index (χ1) is 15.0. The van der Waals surface area contributed by atoms with Crippen LogP contribution in [0.5, 0.6) is 0 Å². The van der Waals surface area contributed by atoms with Gasteiger partial charge in [-0.2, -0.15) is 0 Å². The molecule has 1 aliphatic rings. The van der Waals surface area contributed by atoms with Gasteiger partial charge in [0, 0.05) is 17.1 Å². The van der Waals surface area contributed by atoms with Crippen molar-refractivity contribution in [2.45, 2.75) is 32.2 Å². The fourth-order valence-corrected chi connectivity index (χ4v) is 4.34. The molecular formula is C26H24ClNO3. The SMILES string of the molecule is CCCCCN1C(=O)C(=O)/C(=C(\O)c2cccc3ccccc23)C1c1ccc(Cl)cc1. The number of amides is 1. The lowest BCUT2D eigenvalue weighted by molar-refractivity contribution is -0.139. The van der Waals surface area contributed by atoms with Crippen LogP contribution in [0, 0.1) is 0 Å². The van der Waals surface area contributed by atoms with E-state index in [1.807, 2.05) is 48.5 Å². The van der Waals surface area contributed by atoms with Gasteiger partial charge in [0.2, 0.25) is 0 Å². The molecular weight excluding hydrogens is 410 g/mol. The van der Waals surface area contributed by atoms with Crippen LogP contribution in [0.4, 0.5) is 0 Å². The molecule has 0 aliphatic carbocycles. The molecule has 1 aliphatic heterocycles. The summed E-state index contributed by atoms with van der Waals surface area (Å²) in [5.41, 5.74) is 1.42. The zero-order chi connectivity index (χ0) is 22.0. The van der Waals surface area contributed by atoms with Gasteiger partial charge in [-0.3, -0.25) is 9.59 Å². The first-order valence-corrected chi connectivity index (χ1v) is 10.9. The highest BCUT2D eigenvalue weighted by Crippen LogP contribution is 2.40. The molecule has 0 spiro atoms. The summed E-state index contributed by atoms with van der Waals surface area (Å²) in [6.45, 7) is 2.54. The van der Waals surface area contributed by atoms with E-state index in [-0.39, 0.29) is 11.3 Å². The van der Waals surface area contributed by atoms with Crippen LogP contribution < -0.4 is 0 Å². The Kier molecular flexibility index (Phi) is 6.10. The van der Waals surface area contributed by atoms with Crippen LogP contribution in [0.1, 0.15) is 43.4 Å². The van der Waals surface area contributed by atoms with Crippen molar-refractivity contribution in [3.05, 3.63) is 88.5 Å². The van der Waals surface area contributed by atoms with Gasteiger partial charge in [-0.1, -0.05) is 86.0 Å². The molecule has 1 unspecified atom stereocenters. The number of aliphatic hydroxyl groups excluding tert-OH is 1. The highest BCUT2D eigenvalue weighted by Gasteiger charge is 2.45. The lowest BCUT2D eigenvalue weighted by Gasteiger charge is -2.25. The maximum absolute atomic E-state index is 13.1. The van der Waals surface area contributed by atoms with Crippen molar-refractivity contribution >= 4 is 39.8 Å². The van der Waals surface area contributed by atoms with E-state index in [1.54, 1.807) is 23.1 Å². The Morgan fingerprint density at radius 3 is 2.42 bits per heavy atom. The number of carbonyl (C=O) groups is 2. The van der Waals surface area contributed by atoms with E-state index < -0.39 is 17.7 Å². The number of aliphatic hydroxyl groups is 1. The van der Waals surface area contributed by atoms with Gasteiger partial charge in [-0.25, -0.2) is 0 Å². The van der Waals surface area contributed by atoms with Gasteiger partial charge in [-0.15, -0.1) is 0 Å². The zero-order valence-corrected chi connectivity index (χ0v) is 18.1. The van der Waals surface area contributed by atoms with Crippen LogP contribution in [0.3, 0.4) is 0 Å². The van der Waals surface area contributed by atoms with E-state index >= 15 is 0 Å². The van der Waals surface area contributed by atoms with E-state index in [1.165, 1.54) is 0 Å². The third-order valence-corrected chi connectivity index (χ3v) is 6.03. The van der Waals surface area contributed by atoms with E-state index in [4.69, 9.17) is 11.6 Å². The Balaban J connectivity index is 1.89. The summed E-state index contributed by atoms with van der Waals surface area (Å²) in [6.07, 6.45) is 2.76. The highest BCUT2D eigenvalue weighted by molar-refractivity contribution is 6.46. The molecule has 1 amide bonds. The number of carbonyl (C=O) groups excluding carboxylic acids is 2. The smallest absolute Gasteiger partial charge is 0.295 e.